The van der Waals surface area contributed by atoms with Crippen LogP contribution in [0, 0.1) is 11.3 Å². The highest BCUT2D eigenvalue weighted by Gasteiger charge is 2.26. The van der Waals surface area contributed by atoms with Crippen LogP contribution in [-0.4, -0.2) is 12.1 Å². The number of hydrogen-bond acceptors (Lipinski definition) is 1. The lowest BCUT2D eigenvalue weighted by Gasteiger charge is -2.34. The normalized spacial score (nSPS) is 14.5. The molecule has 1 atom stereocenters. The van der Waals surface area contributed by atoms with Crippen LogP contribution < -0.4 is 5.32 Å². The summed E-state index contributed by atoms with van der Waals surface area (Å²) < 4.78 is 0. The highest BCUT2D eigenvalue weighted by molar-refractivity contribution is 6.30. The molecule has 0 aliphatic heterocycles. The Balaban J connectivity index is 2.76. The van der Waals surface area contributed by atoms with Gasteiger partial charge in [-0.2, -0.15) is 0 Å². The molecule has 0 saturated heterocycles. The highest BCUT2D eigenvalue weighted by atomic mass is 35.5. The van der Waals surface area contributed by atoms with Crippen molar-refractivity contribution in [3.05, 3.63) is 34.9 Å². The zero-order chi connectivity index (χ0) is 14.7. The second-order valence-corrected chi connectivity index (χ2v) is 7.96. The second-order valence-electron chi connectivity index (χ2n) is 7.53. The van der Waals surface area contributed by atoms with Gasteiger partial charge in [0, 0.05) is 10.6 Å². The van der Waals surface area contributed by atoms with E-state index in [-0.39, 0.29) is 11.0 Å². The van der Waals surface area contributed by atoms with E-state index < -0.39 is 0 Å². The summed E-state index contributed by atoms with van der Waals surface area (Å²) >= 11 is 6.08. The molecule has 0 spiro atoms. The standard InChI is InChI=1S/C17H28ClN/c1-16(2,3)14(12-19-17(4,5)6)10-13-8-7-9-15(18)11-13/h7-9,11,14,19H,10,12H2,1-6H3. The van der Waals surface area contributed by atoms with Crippen LogP contribution >= 0.6 is 11.6 Å². The van der Waals surface area contributed by atoms with Gasteiger partial charge in [0.05, 0.1) is 0 Å². The van der Waals surface area contributed by atoms with E-state index in [0.29, 0.717) is 5.92 Å². The first-order valence-electron chi connectivity index (χ1n) is 7.07. The molecule has 2 heteroatoms. The van der Waals surface area contributed by atoms with Crippen molar-refractivity contribution >= 4 is 11.6 Å². The third kappa shape index (κ3) is 6.44. The molecular formula is C17H28ClN. The van der Waals surface area contributed by atoms with Crippen LogP contribution in [0.1, 0.15) is 47.1 Å². The molecule has 0 radical (unpaired) electrons. The summed E-state index contributed by atoms with van der Waals surface area (Å²) in [5.74, 6) is 0.588. The first kappa shape index (κ1) is 16.5. The third-order valence-electron chi connectivity index (χ3n) is 3.47. The molecule has 0 aliphatic rings. The molecule has 0 bridgehead atoms. The predicted octanol–water partition coefficient (Wildman–Crippen LogP) is 4.93. The van der Waals surface area contributed by atoms with Gasteiger partial charge in [0.1, 0.15) is 0 Å². The Labute approximate surface area is 123 Å². The Hall–Kier alpha value is -0.530. The van der Waals surface area contributed by atoms with Gasteiger partial charge in [-0.25, -0.2) is 0 Å². The Bertz CT molecular complexity index is 398. The van der Waals surface area contributed by atoms with E-state index in [1.54, 1.807) is 0 Å². The Morgan fingerprint density at radius 3 is 2.21 bits per heavy atom. The minimum atomic E-state index is 0.165. The van der Waals surface area contributed by atoms with Crippen molar-refractivity contribution in [1.29, 1.82) is 0 Å². The molecule has 0 heterocycles. The fraction of sp³-hybridized carbons (Fsp3) is 0.647. The minimum Gasteiger partial charge on any atom is -0.312 e. The molecule has 1 N–H and O–H groups in total. The van der Waals surface area contributed by atoms with Crippen molar-refractivity contribution < 1.29 is 0 Å². The topological polar surface area (TPSA) is 12.0 Å². The van der Waals surface area contributed by atoms with Gasteiger partial charge >= 0.3 is 0 Å². The minimum absolute atomic E-state index is 0.165. The van der Waals surface area contributed by atoms with E-state index in [1.165, 1.54) is 5.56 Å². The first-order chi connectivity index (χ1) is 8.58. The van der Waals surface area contributed by atoms with Gasteiger partial charge in [-0.3, -0.25) is 0 Å². The largest absolute Gasteiger partial charge is 0.312 e. The molecular weight excluding hydrogens is 254 g/mol. The van der Waals surface area contributed by atoms with Crippen molar-refractivity contribution in [3.8, 4) is 0 Å². The molecule has 0 amide bonds. The fourth-order valence-electron chi connectivity index (χ4n) is 2.06. The summed E-state index contributed by atoms with van der Waals surface area (Å²) in [5, 5.41) is 4.46. The van der Waals surface area contributed by atoms with Crippen molar-refractivity contribution in [2.45, 2.75) is 53.5 Å². The zero-order valence-corrected chi connectivity index (χ0v) is 13.9. The molecule has 1 aromatic rings. The summed E-state index contributed by atoms with van der Waals surface area (Å²) in [4.78, 5) is 0. The second kappa shape index (κ2) is 6.28. The van der Waals surface area contributed by atoms with Crippen molar-refractivity contribution in [2.75, 3.05) is 6.54 Å². The number of nitrogens with one attached hydrogen (secondary N) is 1. The zero-order valence-electron chi connectivity index (χ0n) is 13.2. The maximum atomic E-state index is 6.08. The number of benzene rings is 1. The monoisotopic (exact) mass is 281 g/mol. The van der Waals surface area contributed by atoms with Gasteiger partial charge in [0.2, 0.25) is 0 Å². The Morgan fingerprint density at radius 1 is 1.11 bits per heavy atom. The molecule has 0 fully saturated rings. The Kier molecular flexibility index (Phi) is 5.46. The Morgan fingerprint density at radius 2 is 1.74 bits per heavy atom. The molecule has 108 valence electrons. The molecule has 19 heavy (non-hydrogen) atoms. The SMILES string of the molecule is CC(C)(C)NCC(Cc1cccc(Cl)c1)C(C)(C)C. The van der Waals surface area contributed by atoms with E-state index in [1.807, 2.05) is 12.1 Å². The van der Waals surface area contributed by atoms with E-state index in [2.05, 4.69) is 59.0 Å². The number of halogens is 1. The molecule has 0 aromatic heterocycles. The van der Waals surface area contributed by atoms with Gasteiger partial charge in [0.15, 0.2) is 0 Å². The van der Waals surface area contributed by atoms with Crippen molar-refractivity contribution in [1.82, 2.24) is 5.32 Å². The number of hydrogen-bond donors (Lipinski definition) is 1. The first-order valence-corrected chi connectivity index (χ1v) is 7.45. The number of rotatable bonds is 4. The van der Waals surface area contributed by atoms with Crippen LogP contribution in [0.4, 0.5) is 0 Å². The molecule has 1 rings (SSSR count). The summed E-state index contributed by atoms with van der Waals surface area (Å²) in [6.45, 7) is 14.6. The predicted molar refractivity (Wildman–Crippen MR) is 85.9 cm³/mol. The van der Waals surface area contributed by atoms with Crippen molar-refractivity contribution in [2.24, 2.45) is 11.3 Å². The van der Waals surface area contributed by atoms with Crippen LogP contribution in [0.25, 0.3) is 0 Å². The highest BCUT2D eigenvalue weighted by Crippen LogP contribution is 2.29. The summed E-state index contributed by atoms with van der Waals surface area (Å²) in [5.41, 5.74) is 1.77. The lowest BCUT2D eigenvalue weighted by atomic mass is 9.77. The van der Waals surface area contributed by atoms with Crippen LogP contribution in [0.5, 0.6) is 0 Å². The van der Waals surface area contributed by atoms with Crippen LogP contribution in [0.3, 0.4) is 0 Å². The van der Waals surface area contributed by atoms with Gasteiger partial charge in [-0.15, -0.1) is 0 Å². The summed E-state index contributed by atoms with van der Waals surface area (Å²) in [6.07, 6.45) is 1.06. The van der Waals surface area contributed by atoms with Gasteiger partial charge in [-0.05, 0) is 62.8 Å². The fourth-order valence-corrected chi connectivity index (χ4v) is 2.28. The van der Waals surface area contributed by atoms with Gasteiger partial charge in [0.25, 0.3) is 0 Å². The maximum Gasteiger partial charge on any atom is 0.0408 e. The van der Waals surface area contributed by atoms with Crippen LogP contribution in [0.2, 0.25) is 5.02 Å². The lowest BCUT2D eigenvalue weighted by Crippen LogP contribution is -2.42. The van der Waals surface area contributed by atoms with E-state index in [0.717, 1.165) is 18.0 Å². The third-order valence-corrected chi connectivity index (χ3v) is 3.71. The average molecular weight is 282 g/mol. The molecule has 1 nitrogen and oxygen atoms in total. The van der Waals surface area contributed by atoms with Gasteiger partial charge < -0.3 is 5.32 Å². The average Bonchev–Trinajstić information content (AvgIpc) is 2.21. The van der Waals surface area contributed by atoms with Gasteiger partial charge in [-0.1, -0.05) is 44.5 Å². The van der Waals surface area contributed by atoms with Crippen LogP contribution in [-0.2, 0) is 6.42 Å². The molecule has 1 unspecified atom stereocenters. The van der Waals surface area contributed by atoms with E-state index in [4.69, 9.17) is 11.6 Å². The summed E-state index contributed by atoms with van der Waals surface area (Å²) in [6, 6.07) is 8.22. The smallest absolute Gasteiger partial charge is 0.0408 e. The van der Waals surface area contributed by atoms with Crippen molar-refractivity contribution in [3.63, 3.8) is 0 Å². The maximum absolute atomic E-state index is 6.08. The molecule has 1 aromatic carbocycles. The van der Waals surface area contributed by atoms with E-state index >= 15 is 0 Å². The summed E-state index contributed by atoms with van der Waals surface area (Å²) in [7, 11) is 0. The van der Waals surface area contributed by atoms with Crippen LogP contribution in [0.15, 0.2) is 24.3 Å². The molecule has 0 saturated carbocycles. The lowest BCUT2D eigenvalue weighted by molar-refractivity contribution is 0.214. The molecule has 0 aliphatic carbocycles. The quantitative estimate of drug-likeness (QED) is 0.825. The van der Waals surface area contributed by atoms with E-state index in [9.17, 15) is 0 Å².